The van der Waals surface area contributed by atoms with Crippen LogP contribution >= 0.6 is 11.8 Å². The fourth-order valence-electron chi connectivity index (χ4n) is 2.51. The zero-order valence-electron chi connectivity index (χ0n) is 14.5. The van der Waals surface area contributed by atoms with E-state index in [4.69, 9.17) is 9.47 Å². The molecule has 0 heterocycles. The number of ether oxygens (including phenoxy) is 2. The lowest BCUT2D eigenvalue weighted by Crippen LogP contribution is -2.15. The maximum atomic E-state index is 12.2. The van der Waals surface area contributed by atoms with Gasteiger partial charge in [0.2, 0.25) is 5.91 Å². The lowest BCUT2D eigenvalue weighted by atomic mass is 10.1. The van der Waals surface area contributed by atoms with E-state index in [1.165, 1.54) is 16.7 Å². The number of carbonyl (C=O) groups is 1. The quantitative estimate of drug-likeness (QED) is 0.817. The predicted molar refractivity (Wildman–Crippen MR) is 100 cm³/mol. The largest absolute Gasteiger partial charge is 0.497 e. The van der Waals surface area contributed by atoms with E-state index >= 15 is 0 Å². The zero-order valence-corrected chi connectivity index (χ0v) is 15.3. The number of hydrogen-bond donors (Lipinski definition) is 1. The SMILES string of the molecule is COc1ccc(OC)c(NC(=O)CSCc2cc(C)cc(C)c2)c1. The van der Waals surface area contributed by atoms with Gasteiger partial charge < -0.3 is 14.8 Å². The smallest absolute Gasteiger partial charge is 0.234 e. The molecule has 0 unspecified atom stereocenters. The number of carbonyl (C=O) groups excluding carboxylic acids is 1. The second-order valence-electron chi connectivity index (χ2n) is 5.60. The molecule has 2 aromatic carbocycles. The first-order valence-electron chi connectivity index (χ1n) is 7.68. The van der Waals surface area contributed by atoms with Crippen molar-refractivity contribution in [2.45, 2.75) is 19.6 Å². The van der Waals surface area contributed by atoms with Gasteiger partial charge in [0.05, 0.1) is 25.7 Å². The second kappa shape index (κ2) is 8.64. The molecule has 0 spiro atoms. The number of thioether (sulfide) groups is 1. The minimum atomic E-state index is -0.0593. The maximum absolute atomic E-state index is 12.2. The maximum Gasteiger partial charge on any atom is 0.234 e. The van der Waals surface area contributed by atoms with E-state index in [9.17, 15) is 4.79 Å². The highest BCUT2D eigenvalue weighted by atomic mass is 32.2. The number of anilines is 1. The minimum absolute atomic E-state index is 0.0593. The van der Waals surface area contributed by atoms with Gasteiger partial charge in [-0.3, -0.25) is 4.79 Å². The Kier molecular flexibility index (Phi) is 6.55. The lowest BCUT2D eigenvalue weighted by Gasteiger charge is -2.11. The molecule has 24 heavy (non-hydrogen) atoms. The van der Waals surface area contributed by atoms with Gasteiger partial charge in [-0.2, -0.15) is 0 Å². The Labute approximate surface area is 147 Å². The van der Waals surface area contributed by atoms with Crippen LogP contribution < -0.4 is 14.8 Å². The molecule has 1 amide bonds. The number of amides is 1. The van der Waals surface area contributed by atoms with E-state index in [2.05, 4.69) is 37.4 Å². The van der Waals surface area contributed by atoms with Crippen molar-refractivity contribution in [3.63, 3.8) is 0 Å². The standard InChI is InChI=1S/C19H23NO3S/c1-13-7-14(2)9-15(8-13)11-24-12-19(21)20-17-10-16(22-3)5-6-18(17)23-4/h5-10H,11-12H2,1-4H3,(H,20,21). The van der Waals surface area contributed by atoms with Gasteiger partial charge >= 0.3 is 0 Å². The van der Waals surface area contributed by atoms with Gasteiger partial charge in [-0.05, 0) is 31.5 Å². The Bertz CT molecular complexity index is 696. The Balaban J connectivity index is 1.91. The number of aryl methyl sites for hydroxylation is 2. The predicted octanol–water partition coefficient (Wildman–Crippen LogP) is 4.19. The van der Waals surface area contributed by atoms with Gasteiger partial charge in [-0.25, -0.2) is 0 Å². The fourth-order valence-corrected chi connectivity index (χ4v) is 3.27. The van der Waals surface area contributed by atoms with Crippen LogP contribution in [0.5, 0.6) is 11.5 Å². The van der Waals surface area contributed by atoms with Crippen molar-refractivity contribution in [3.8, 4) is 11.5 Å². The van der Waals surface area contributed by atoms with Crippen LogP contribution in [0.1, 0.15) is 16.7 Å². The lowest BCUT2D eigenvalue weighted by molar-refractivity contribution is -0.113. The van der Waals surface area contributed by atoms with Crippen LogP contribution in [0, 0.1) is 13.8 Å². The Hall–Kier alpha value is -2.14. The van der Waals surface area contributed by atoms with Gasteiger partial charge in [0.15, 0.2) is 0 Å². The summed E-state index contributed by atoms with van der Waals surface area (Å²) in [5.41, 5.74) is 4.35. The normalized spacial score (nSPS) is 10.3. The van der Waals surface area contributed by atoms with Gasteiger partial charge in [0.1, 0.15) is 11.5 Å². The molecule has 0 bridgehead atoms. The summed E-state index contributed by atoms with van der Waals surface area (Å²) >= 11 is 1.59. The van der Waals surface area contributed by atoms with E-state index < -0.39 is 0 Å². The minimum Gasteiger partial charge on any atom is -0.497 e. The Morgan fingerprint density at radius 3 is 2.38 bits per heavy atom. The Morgan fingerprint density at radius 2 is 1.75 bits per heavy atom. The molecule has 0 atom stereocenters. The number of benzene rings is 2. The summed E-state index contributed by atoms with van der Waals surface area (Å²) in [6.45, 7) is 4.17. The number of rotatable bonds is 7. The molecule has 0 fully saturated rings. The number of methoxy groups -OCH3 is 2. The molecule has 2 rings (SSSR count). The van der Waals surface area contributed by atoms with Crippen molar-refractivity contribution >= 4 is 23.4 Å². The molecule has 128 valence electrons. The molecule has 4 nitrogen and oxygen atoms in total. The van der Waals surface area contributed by atoms with Crippen LogP contribution in [0.3, 0.4) is 0 Å². The van der Waals surface area contributed by atoms with Gasteiger partial charge in [-0.1, -0.05) is 29.3 Å². The average Bonchev–Trinajstić information content (AvgIpc) is 2.53. The number of nitrogens with one attached hydrogen (secondary N) is 1. The molecule has 0 aliphatic carbocycles. The third kappa shape index (κ3) is 5.20. The van der Waals surface area contributed by atoms with Crippen molar-refractivity contribution in [2.75, 3.05) is 25.3 Å². The molecular weight excluding hydrogens is 322 g/mol. The van der Waals surface area contributed by atoms with E-state index in [0.29, 0.717) is 22.9 Å². The first kappa shape index (κ1) is 18.2. The highest BCUT2D eigenvalue weighted by molar-refractivity contribution is 7.99. The zero-order chi connectivity index (χ0) is 17.5. The molecule has 0 aliphatic rings. The molecule has 1 N–H and O–H groups in total. The van der Waals surface area contributed by atoms with Crippen LogP contribution in [-0.2, 0) is 10.5 Å². The van der Waals surface area contributed by atoms with E-state index in [1.54, 1.807) is 44.2 Å². The molecule has 0 saturated carbocycles. The summed E-state index contributed by atoms with van der Waals surface area (Å²) in [4.78, 5) is 12.2. The van der Waals surface area contributed by atoms with Gasteiger partial charge in [0, 0.05) is 11.8 Å². The first-order chi connectivity index (χ1) is 11.5. The van der Waals surface area contributed by atoms with Crippen LogP contribution in [-0.4, -0.2) is 25.9 Å². The molecule has 2 aromatic rings. The van der Waals surface area contributed by atoms with Crippen LogP contribution in [0.15, 0.2) is 36.4 Å². The first-order valence-corrected chi connectivity index (χ1v) is 8.84. The highest BCUT2D eigenvalue weighted by Gasteiger charge is 2.09. The highest BCUT2D eigenvalue weighted by Crippen LogP contribution is 2.29. The number of hydrogen-bond acceptors (Lipinski definition) is 4. The van der Waals surface area contributed by atoms with E-state index in [-0.39, 0.29) is 5.91 Å². The molecule has 0 aromatic heterocycles. The van der Waals surface area contributed by atoms with Crippen molar-refractivity contribution in [1.29, 1.82) is 0 Å². The molecular formula is C19H23NO3S. The molecule has 0 aliphatic heterocycles. The topological polar surface area (TPSA) is 47.6 Å². The fraction of sp³-hybridized carbons (Fsp3) is 0.316. The third-order valence-corrected chi connectivity index (χ3v) is 4.47. The summed E-state index contributed by atoms with van der Waals surface area (Å²) < 4.78 is 10.5. The summed E-state index contributed by atoms with van der Waals surface area (Å²) in [5, 5.41) is 2.88. The van der Waals surface area contributed by atoms with Crippen molar-refractivity contribution in [1.82, 2.24) is 0 Å². The third-order valence-electron chi connectivity index (χ3n) is 3.46. The summed E-state index contributed by atoms with van der Waals surface area (Å²) in [7, 11) is 3.17. The van der Waals surface area contributed by atoms with Gasteiger partial charge in [0.25, 0.3) is 0 Å². The molecule has 5 heteroatoms. The average molecular weight is 345 g/mol. The summed E-state index contributed by atoms with van der Waals surface area (Å²) in [6, 6.07) is 11.8. The van der Waals surface area contributed by atoms with Gasteiger partial charge in [-0.15, -0.1) is 11.8 Å². The summed E-state index contributed by atoms with van der Waals surface area (Å²) in [5.74, 6) is 2.42. The van der Waals surface area contributed by atoms with Crippen LogP contribution in [0.4, 0.5) is 5.69 Å². The summed E-state index contributed by atoms with van der Waals surface area (Å²) in [6.07, 6.45) is 0. The monoisotopic (exact) mass is 345 g/mol. The second-order valence-corrected chi connectivity index (χ2v) is 6.59. The van der Waals surface area contributed by atoms with Crippen LogP contribution in [0.2, 0.25) is 0 Å². The Morgan fingerprint density at radius 1 is 1.04 bits per heavy atom. The van der Waals surface area contributed by atoms with E-state index in [1.807, 2.05) is 0 Å². The van der Waals surface area contributed by atoms with Crippen molar-refractivity contribution in [3.05, 3.63) is 53.1 Å². The van der Waals surface area contributed by atoms with Crippen molar-refractivity contribution in [2.24, 2.45) is 0 Å². The van der Waals surface area contributed by atoms with Crippen LogP contribution in [0.25, 0.3) is 0 Å². The molecule has 0 saturated heterocycles. The molecule has 0 radical (unpaired) electrons. The van der Waals surface area contributed by atoms with Crippen molar-refractivity contribution < 1.29 is 14.3 Å². The van der Waals surface area contributed by atoms with E-state index in [0.717, 1.165) is 5.75 Å².